The van der Waals surface area contributed by atoms with Crippen LogP contribution in [0.1, 0.15) is 40.8 Å². The van der Waals surface area contributed by atoms with E-state index in [1.807, 2.05) is 12.1 Å². The molecule has 1 saturated heterocycles. The second kappa shape index (κ2) is 6.67. The van der Waals surface area contributed by atoms with E-state index in [0.717, 1.165) is 18.6 Å². The van der Waals surface area contributed by atoms with Crippen molar-refractivity contribution < 1.29 is 14.2 Å². The molecule has 0 saturated carbocycles. The summed E-state index contributed by atoms with van der Waals surface area (Å²) in [6, 6.07) is 8.57. The molecule has 5 heteroatoms. The maximum absolute atomic E-state index is 6.46. The lowest BCUT2D eigenvalue weighted by molar-refractivity contribution is 0.0828. The number of fused-ring (bicyclic) bond motifs is 3. The van der Waals surface area contributed by atoms with E-state index in [4.69, 9.17) is 25.8 Å². The van der Waals surface area contributed by atoms with E-state index in [0.29, 0.717) is 22.4 Å². The standard InChI is InChI=1S/C21H24ClNO3/c1-11-7-12(2)18-15(8-11)20-14(5-6-26-20)19(23-18)13-9-16(22)21(25-4)17(10-13)24-3/h7-10,14,19-20,23H,5-6H2,1-4H3. The van der Waals surface area contributed by atoms with Gasteiger partial charge in [0.05, 0.1) is 31.4 Å². The van der Waals surface area contributed by atoms with Crippen LogP contribution in [0.3, 0.4) is 0 Å². The average molecular weight is 374 g/mol. The van der Waals surface area contributed by atoms with Gasteiger partial charge < -0.3 is 19.5 Å². The van der Waals surface area contributed by atoms with E-state index in [-0.39, 0.29) is 12.1 Å². The highest BCUT2D eigenvalue weighted by molar-refractivity contribution is 6.32. The van der Waals surface area contributed by atoms with Crippen LogP contribution >= 0.6 is 11.6 Å². The smallest absolute Gasteiger partial charge is 0.179 e. The fourth-order valence-corrected chi connectivity index (χ4v) is 4.70. The molecule has 2 aromatic rings. The van der Waals surface area contributed by atoms with Crippen LogP contribution in [0.25, 0.3) is 0 Å². The molecule has 26 heavy (non-hydrogen) atoms. The molecule has 3 unspecified atom stereocenters. The number of rotatable bonds is 3. The van der Waals surface area contributed by atoms with Gasteiger partial charge in [0, 0.05) is 23.8 Å². The molecule has 0 bridgehead atoms. The zero-order valence-electron chi connectivity index (χ0n) is 15.6. The maximum atomic E-state index is 6.46. The SMILES string of the molecule is COc1cc(C2Nc3c(C)cc(C)cc3C3OCCC23)cc(Cl)c1OC. The van der Waals surface area contributed by atoms with Gasteiger partial charge in [0.15, 0.2) is 11.5 Å². The number of aryl methyl sites for hydroxylation is 2. The van der Waals surface area contributed by atoms with Crippen molar-refractivity contribution in [1.29, 1.82) is 0 Å². The third-order valence-electron chi connectivity index (χ3n) is 5.50. The molecule has 2 aliphatic heterocycles. The molecule has 0 aliphatic carbocycles. The maximum Gasteiger partial charge on any atom is 0.179 e. The number of hydrogen-bond acceptors (Lipinski definition) is 4. The number of halogens is 1. The van der Waals surface area contributed by atoms with Gasteiger partial charge in [0.25, 0.3) is 0 Å². The predicted octanol–water partition coefficient (Wildman–Crippen LogP) is 5.22. The third kappa shape index (κ3) is 2.72. The number of methoxy groups -OCH3 is 2. The summed E-state index contributed by atoms with van der Waals surface area (Å²) in [5.74, 6) is 1.58. The van der Waals surface area contributed by atoms with Crippen molar-refractivity contribution in [2.75, 3.05) is 26.1 Å². The summed E-state index contributed by atoms with van der Waals surface area (Å²) in [4.78, 5) is 0. The second-order valence-electron chi connectivity index (χ2n) is 7.15. The number of ether oxygens (including phenoxy) is 3. The Morgan fingerprint density at radius 2 is 1.92 bits per heavy atom. The first-order chi connectivity index (χ1) is 12.5. The monoisotopic (exact) mass is 373 g/mol. The molecule has 138 valence electrons. The van der Waals surface area contributed by atoms with Crippen molar-refractivity contribution >= 4 is 17.3 Å². The van der Waals surface area contributed by atoms with Crippen molar-refractivity contribution in [3.8, 4) is 11.5 Å². The highest BCUT2D eigenvalue weighted by Gasteiger charge is 2.42. The van der Waals surface area contributed by atoms with Crippen molar-refractivity contribution in [3.63, 3.8) is 0 Å². The Labute approximate surface area is 159 Å². The summed E-state index contributed by atoms with van der Waals surface area (Å²) < 4.78 is 17.0. The Balaban J connectivity index is 1.82. The predicted molar refractivity (Wildman–Crippen MR) is 104 cm³/mol. The first-order valence-corrected chi connectivity index (χ1v) is 9.32. The molecule has 2 heterocycles. The van der Waals surface area contributed by atoms with Crippen molar-refractivity contribution in [2.24, 2.45) is 5.92 Å². The Morgan fingerprint density at radius 1 is 1.12 bits per heavy atom. The van der Waals surface area contributed by atoms with Crippen LogP contribution in [0.15, 0.2) is 24.3 Å². The zero-order chi connectivity index (χ0) is 18.4. The lowest BCUT2D eigenvalue weighted by Crippen LogP contribution is -2.30. The highest BCUT2D eigenvalue weighted by Crippen LogP contribution is 2.52. The van der Waals surface area contributed by atoms with Gasteiger partial charge in [0.2, 0.25) is 0 Å². The average Bonchev–Trinajstić information content (AvgIpc) is 3.10. The van der Waals surface area contributed by atoms with Crippen LogP contribution in [0.2, 0.25) is 5.02 Å². The van der Waals surface area contributed by atoms with Crippen LogP contribution in [0, 0.1) is 19.8 Å². The van der Waals surface area contributed by atoms with Crippen molar-refractivity contribution in [1.82, 2.24) is 0 Å². The minimum absolute atomic E-state index is 0.113. The van der Waals surface area contributed by atoms with E-state index in [1.165, 1.54) is 22.4 Å². The van der Waals surface area contributed by atoms with Crippen LogP contribution in [0.5, 0.6) is 11.5 Å². The van der Waals surface area contributed by atoms with Gasteiger partial charge in [-0.05, 0) is 43.5 Å². The summed E-state index contributed by atoms with van der Waals surface area (Å²) in [5, 5.41) is 4.32. The van der Waals surface area contributed by atoms with Gasteiger partial charge in [-0.15, -0.1) is 0 Å². The summed E-state index contributed by atoms with van der Waals surface area (Å²) >= 11 is 6.46. The third-order valence-corrected chi connectivity index (χ3v) is 5.78. The fourth-order valence-electron chi connectivity index (χ4n) is 4.40. The second-order valence-corrected chi connectivity index (χ2v) is 7.56. The quantitative estimate of drug-likeness (QED) is 0.800. The van der Waals surface area contributed by atoms with Gasteiger partial charge in [-0.3, -0.25) is 0 Å². The molecular weight excluding hydrogens is 350 g/mol. The van der Waals surface area contributed by atoms with Crippen LogP contribution in [-0.2, 0) is 4.74 Å². The van der Waals surface area contributed by atoms with E-state index < -0.39 is 0 Å². The molecule has 4 rings (SSSR count). The summed E-state index contributed by atoms with van der Waals surface area (Å²) in [7, 11) is 3.24. The summed E-state index contributed by atoms with van der Waals surface area (Å²) in [6.45, 7) is 5.06. The minimum Gasteiger partial charge on any atom is -0.493 e. The summed E-state index contributed by atoms with van der Waals surface area (Å²) in [6.07, 6.45) is 1.13. The van der Waals surface area contributed by atoms with Gasteiger partial charge in [-0.25, -0.2) is 0 Å². The zero-order valence-corrected chi connectivity index (χ0v) is 16.3. The van der Waals surface area contributed by atoms with Crippen LogP contribution in [0.4, 0.5) is 5.69 Å². The first-order valence-electron chi connectivity index (χ1n) is 8.94. The molecule has 0 radical (unpaired) electrons. The van der Waals surface area contributed by atoms with Gasteiger partial charge in [0.1, 0.15) is 0 Å². The minimum atomic E-state index is 0.113. The van der Waals surface area contributed by atoms with Gasteiger partial charge in [-0.1, -0.05) is 29.3 Å². The Bertz CT molecular complexity index is 852. The Hall–Kier alpha value is -1.91. The molecular formula is C21H24ClNO3. The highest BCUT2D eigenvalue weighted by atomic mass is 35.5. The molecule has 2 aromatic carbocycles. The largest absolute Gasteiger partial charge is 0.493 e. The van der Waals surface area contributed by atoms with Crippen LogP contribution in [-0.4, -0.2) is 20.8 Å². The van der Waals surface area contributed by atoms with Crippen molar-refractivity contribution in [2.45, 2.75) is 32.4 Å². The van der Waals surface area contributed by atoms with E-state index in [1.54, 1.807) is 14.2 Å². The molecule has 4 nitrogen and oxygen atoms in total. The normalized spacial score (nSPS) is 23.8. The molecule has 1 N–H and O–H groups in total. The van der Waals surface area contributed by atoms with Gasteiger partial charge >= 0.3 is 0 Å². The van der Waals surface area contributed by atoms with Crippen LogP contribution < -0.4 is 14.8 Å². The molecule has 0 spiro atoms. The number of anilines is 1. The Morgan fingerprint density at radius 3 is 2.65 bits per heavy atom. The first kappa shape index (κ1) is 17.5. The number of benzene rings is 2. The number of nitrogens with one attached hydrogen (secondary N) is 1. The Kier molecular flexibility index (Phi) is 4.49. The van der Waals surface area contributed by atoms with E-state index in [2.05, 4.69) is 31.3 Å². The van der Waals surface area contributed by atoms with Crippen molar-refractivity contribution in [3.05, 3.63) is 51.5 Å². The lowest BCUT2D eigenvalue weighted by atomic mass is 9.79. The molecule has 0 aromatic heterocycles. The fraction of sp³-hybridized carbons (Fsp3) is 0.429. The van der Waals surface area contributed by atoms with E-state index >= 15 is 0 Å². The topological polar surface area (TPSA) is 39.7 Å². The van der Waals surface area contributed by atoms with Gasteiger partial charge in [-0.2, -0.15) is 0 Å². The molecule has 2 aliphatic rings. The summed E-state index contributed by atoms with van der Waals surface area (Å²) in [5.41, 5.74) is 6.05. The molecule has 1 fully saturated rings. The van der Waals surface area contributed by atoms with E-state index in [9.17, 15) is 0 Å². The number of hydrogen-bond donors (Lipinski definition) is 1. The molecule has 0 amide bonds. The lowest BCUT2D eigenvalue weighted by Gasteiger charge is -2.37. The molecule has 3 atom stereocenters.